The van der Waals surface area contributed by atoms with Gasteiger partial charge in [-0.1, -0.05) is 60.7 Å². The molecule has 0 radical (unpaired) electrons. The summed E-state index contributed by atoms with van der Waals surface area (Å²) in [5.41, 5.74) is 2.72. The van der Waals surface area contributed by atoms with Crippen LogP contribution >= 0.6 is 0 Å². The highest BCUT2D eigenvalue weighted by molar-refractivity contribution is 5.85. The minimum absolute atomic E-state index is 0.218. The van der Waals surface area contributed by atoms with Gasteiger partial charge in [-0.25, -0.2) is 4.98 Å². The zero-order chi connectivity index (χ0) is 24.2. The Morgan fingerprint density at radius 2 is 1.56 bits per heavy atom. The van der Waals surface area contributed by atoms with Gasteiger partial charge in [-0.3, -0.25) is 14.4 Å². The van der Waals surface area contributed by atoms with Crippen LogP contribution in [0.15, 0.2) is 79.0 Å². The number of hydrogen-bond donors (Lipinski definition) is 4. The summed E-state index contributed by atoms with van der Waals surface area (Å²) in [6.45, 7) is 0.362. The molecule has 0 aliphatic carbocycles. The van der Waals surface area contributed by atoms with Gasteiger partial charge in [0.15, 0.2) is 0 Å². The molecule has 2 aromatic carbocycles. The molecule has 0 saturated heterocycles. The van der Waals surface area contributed by atoms with E-state index >= 15 is 0 Å². The highest BCUT2D eigenvalue weighted by Gasteiger charge is 2.18. The largest absolute Gasteiger partial charge is 0.481 e. The van der Waals surface area contributed by atoms with Crippen LogP contribution in [0.25, 0.3) is 11.1 Å². The van der Waals surface area contributed by atoms with Crippen LogP contribution in [0.4, 0.5) is 5.82 Å². The van der Waals surface area contributed by atoms with E-state index in [1.165, 1.54) is 0 Å². The molecular weight excluding hydrogens is 432 g/mol. The van der Waals surface area contributed by atoms with E-state index in [0.29, 0.717) is 18.5 Å². The van der Waals surface area contributed by atoms with E-state index in [1.807, 2.05) is 72.8 Å². The van der Waals surface area contributed by atoms with Gasteiger partial charge in [-0.05, 0) is 35.2 Å². The van der Waals surface area contributed by atoms with Gasteiger partial charge in [0.25, 0.3) is 0 Å². The van der Waals surface area contributed by atoms with Crippen molar-refractivity contribution in [2.24, 2.45) is 0 Å². The molecule has 0 bridgehead atoms. The van der Waals surface area contributed by atoms with E-state index in [2.05, 4.69) is 20.9 Å². The Kier molecular flexibility index (Phi) is 9.16. The summed E-state index contributed by atoms with van der Waals surface area (Å²) in [5, 5.41) is 17.7. The van der Waals surface area contributed by atoms with Crippen LogP contribution in [0.3, 0.4) is 0 Å². The number of rotatable bonds is 12. The van der Waals surface area contributed by atoms with Crippen molar-refractivity contribution in [2.75, 3.05) is 18.4 Å². The fourth-order valence-electron chi connectivity index (χ4n) is 3.41. The Bertz CT molecular complexity index is 1070. The third kappa shape index (κ3) is 8.05. The number of benzene rings is 2. The molecule has 1 atom stereocenters. The summed E-state index contributed by atoms with van der Waals surface area (Å²) in [4.78, 5) is 39.9. The minimum atomic E-state index is -1.03. The summed E-state index contributed by atoms with van der Waals surface area (Å²) >= 11 is 0. The molecule has 1 aromatic heterocycles. The molecule has 34 heavy (non-hydrogen) atoms. The number of pyridine rings is 1. The van der Waals surface area contributed by atoms with Gasteiger partial charge >= 0.3 is 5.97 Å². The van der Waals surface area contributed by atoms with E-state index in [4.69, 9.17) is 0 Å². The fraction of sp³-hybridized carbons (Fsp3) is 0.231. The zero-order valence-electron chi connectivity index (χ0n) is 18.7. The van der Waals surface area contributed by atoms with Crippen molar-refractivity contribution < 1.29 is 19.5 Å². The van der Waals surface area contributed by atoms with E-state index in [0.717, 1.165) is 16.9 Å². The molecule has 8 heteroatoms. The van der Waals surface area contributed by atoms with E-state index in [1.54, 1.807) is 6.20 Å². The number of carboxylic acid groups (broad SMARTS) is 1. The lowest BCUT2D eigenvalue weighted by atomic mass is 9.99. The summed E-state index contributed by atoms with van der Waals surface area (Å²) in [6, 6.07) is 22.1. The second-order valence-corrected chi connectivity index (χ2v) is 7.73. The van der Waals surface area contributed by atoms with Crippen molar-refractivity contribution in [3.05, 3.63) is 84.6 Å². The first kappa shape index (κ1) is 24.4. The lowest BCUT2D eigenvalue weighted by Crippen LogP contribution is -2.39. The summed E-state index contributed by atoms with van der Waals surface area (Å²) < 4.78 is 0. The molecule has 0 spiro atoms. The molecule has 0 saturated carbocycles. The first-order valence-corrected chi connectivity index (χ1v) is 11.1. The van der Waals surface area contributed by atoms with Crippen molar-refractivity contribution in [1.82, 2.24) is 15.6 Å². The monoisotopic (exact) mass is 460 g/mol. The van der Waals surface area contributed by atoms with Gasteiger partial charge < -0.3 is 21.1 Å². The van der Waals surface area contributed by atoms with Crippen LogP contribution in [0.2, 0.25) is 0 Å². The minimum Gasteiger partial charge on any atom is -0.481 e. The van der Waals surface area contributed by atoms with E-state index < -0.39 is 17.9 Å². The Labute approximate surface area is 198 Å². The average Bonchev–Trinajstić information content (AvgIpc) is 2.86. The Balaban J connectivity index is 1.46. The molecular formula is C26H28N4O4. The Hall–Kier alpha value is -4.20. The molecule has 4 N–H and O–H groups in total. The lowest BCUT2D eigenvalue weighted by Gasteiger charge is -2.18. The SMILES string of the molecule is O=C(O)CC(NC(=O)CNC(=O)CCCNc1ccccn1)c1ccc(-c2ccccc2)cc1. The maximum Gasteiger partial charge on any atom is 0.305 e. The third-order valence-electron chi connectivity index (χ3n) is 5.13. The summed E-state index contributed by atoms with van der Waals surface area (Å²) in [7, 11) is 0. The molecule has 0 aliphatic heterocycles. The van der Waals surface area contributed by atoms with E-state index in [9.17, 15) is 19.5 Å². The first-order chi connectivity index (χ1) is 16.5. The number of carboxylic acids is 1. The zero-order valence-corrected chi connectivity index (χ0v) is 18.7. The van der Waals surface area contributed by atoms with Crippen LogP contribution in [0, 0.1) is 0 Å². The Morgan fingerprint density at radius 1 is 0.853 bits per heavy atom. The first-order valence-electron chi connectivity index (χ1n) is 11.1. The highest BCUT2D eigenvalue weighted by atomic mass is 16.4. The highest BCUT2D eigenvalue weighted by Crippen LogP contribution is 2.23. The number of hydrogen-bond acceptors (Lipinski definition) is 5. The van der Waals surface area contributed by atoms with Crippen molar-refractivity contribution in [3.63, 3.8) is 0 Å². The normalized spacial score (nSPS) is 11.3. The third-order valence-corrected chi connectivity index (χ3v) is 5.13. The number of nitrogens with zero attached hydrogens (tertiary/aromatic N) is 1. The van der Waals surface area contributed by atoms with Crippen LogP contribution in [0.5, 0.6) is 0 Å². The maximum absolute atomic E-state index is 12.4. The number of aromatic nitrogens is 1. The molecule has 2 amide bonds. The van der Waals surface area contributed by atoms with Gasteiger partial charge in [0, 0.05) is 19.2 Å². The number of anilines is 1. The molecule has 0 aliphatic rings. The summed E-state index contributed by atoms with van der Waals surface area (Å²) in [5.74, 6) is -0.983. The second-order valence-electron chi connectivity index (χ2n) is 7.73. The predicted molar refractivity (Wildman–Crippen MR) is 130 cm³/mol. The van der Waals surface area contributed by atoms with Crippen LogP contribution < -0.4 is 16.0 Å². The van der Waals surface area contributed by atoms with E-state index in [-0.39, 0.29) is 25.3 Å². The van der Waals surface area contributed by atoms with Crippen molar-refractivity contribution in [3.8, 4) is 11.1 Å². The molecule has 3 aromatic rings. The number of carbonyl (C=O) groups excluding carboxylic acids is 2. The number of aliphatic carboxylic acids is 1. The average molecular weight is 461 g/mol. The van der Waals surface area contributed by atoms with Crippen LogP contribution in [0.1, 0.15) is 30.9 Å². The lowest BCUT2D eigenvalue weighted by molar-refractivity contribution is -0.138. The van der Waals surface area contributed by atoms with Gasteiger partial charge in [-0.2, -0.15) is 0 Å². The van der Waals surface area contributed by atoms with Gasteiger partial charge in [0.05, 0.1) is 19.0 Å². The topological polar surface area (TPSA) is 120 Å². The number of carbonyl (C=O) groups is 3. The van der Waals surface area contributed by atoms with Crippen LogP contribution in [-0.2, 0) is 14.4 Å². The number of nitrogens with one attached hydrogen (secondary N) is 3. The van der Waals surface area contributed by atoms with Crippen molar-refractivity contribution in [1.29, 1.82) is 0 Å². The quantitative estimate of drug-likeness (QED) is 0.308. The van der Waals surface area contributed by atoms with Gasteiger partial charge in [-0.15, -0.1) is 0 Å². The van der Waals surface area contributed by atoms with Gasteiger partial charge in [0.2, 0.25) is 11.8 Å². The number of amides is 2. The van der Waals surface area contributed by atoms with Gasteiger partial charge in [0.1, 0.15) is 5.82 Å². The second kappa shape index (κ2) is 12.7. The summed E-state index contributed by atoms with van der Waals surface area (Å²) in [6.07, 6.45) is 2.26. The van der Waals surface area contributed by atoms with Crippen molar-refractivity contribution in [2.45, 2.75) is 25.3 Å². The fourth-order valence-corrected chi connectivity index (χ4v) is 3.41. The maximum atomic E-state index is 12.4. The smallest absolute Gasteiger partial charge is 0.305 e. The molecule has 3 rings (SSSR count). The molecule has 8 nitrogen and oxygen atoms in total. The van der Waals surface area contributed by atoms with Crippen LogP contribution in [-0.4, -0.2) is 41.0 Å². The molecule has 0 fully saturated rings. The Morgan fingerprint density at radius 3 is 2.24 bits per heavy atom. The molecule has 1 heterocycles. The predicted octanol–water partition coefficient (Wildman–Crippen LogP) is 3.39. The van der Waals surface area contributed by atoms with Crippen molar-refractivity contribution >= 4 is 23.6 Å². The molecule has 1 unspecified atom stereocenters. The molecule has 176 valence electrons. The standard InChI is InChI=1S/C26H28N4O4/c31-24(10-6-16-28-23-9-4-5-15-27-23)29-18-25(32)30-22(17-26(33)34)21-13-11-20(12-14-21)19-7-2-1-3-8-19/h1-5,7-9,11-15,22H,6,10,16-18H2,(H,27,28)(H,29,31)(H,30,32)(H,33,34).